The largest absolute Gasteiger partial charge is 0.383 e. The summed E-state index contributed by atoms with van der Waals surface area (Å²) in [6.07, 6.45) is 0.967. The van der Waals surface area contributed by atoms with Crippen LogP contribution in [-0.4, -0.2) is 36.4 Å². The van der Waals surface area contributed by atoms with Gasteiger partial charge in [-0.3, -0.25) is 0 Å². The summed E-state index contributed by atoms with van der Waals surface area (Å²) in [6.45, 7) is 2.08. The van der Waals surface area contributed by atoms with E-state index >= 15 is 0 Å². The average molecular weight is 291 g/mol. The lowest BCUT2D eigenvalue weighted by atomic mass is 9.87. The van der Waals surface area contributed by atoms with Crippen molar-refractivity contribution in [3.63, 3.8) is 0 Å². The van der Waals surface area contributed by atoms with E-state index < -0.39 is 5.92 Å². The second-order valence-electron chi connectivity index (χ2n) is 4.83. The Kier molecular flexibility index (Phi) is 5.18. The molecule has 0 atom stereocenters. The highest BCUT2D eigenvalue weighted by molar-refractivity contribution is 7.11. The molecule has 0 bridgehead atoms. The first-order valence-electron chi connectivity index (χ1n) is 6.50. The molecule has 1 saturated carbocycles. The molecule has 1 heterocycles. The molecule has 19 heavy (non-hydrogen) atoms. The zero-order valence-corrected chi connectivity index (χ0v) is 11.8. The van der Waals surface area contributed by atoms with Crippen LogP contribution in [0.1, 0.15) is 41.6 Å². The Morgan fingerprint density at radius 2 is 2.11 bits per heavy atom. The van der Waals surface area contributed by atoms with E-state index in [-0.39, 0.29) is 18.8 Å². The van der Waals surface area contributed by atoms with Gasteiger partial charge >= 0.3 is 0 Å². The van der Waals surface area contributed by atoms with Crippen molar-refractivity contribution in [1.29, 1.82) is 0 Å². The molecule has 1 aromatic rings. The number of nitrogens with one attached hydrogen (secondary N) is 1. The molecule has 1 aliphatic carbocycles. The van der Waals surface area contributed by atoms with Gasteiger partial charge in [0.1, 0.15) is 10.0 Å². The smallest absolute Gasteiger partial charge is 0.248 e. The van der Waals surface area contributed by atoms with Crippen LogP contribution in [0.15, 0.2) is 0 Å². The van der Waals surface area contributed by atoms with Gasteiger partial charge < -0.3 is 10.1 Å². The standard InChI is InChI=1S/C12H19F2N3OS/c1-18-7-6-15-8-10-16-17-11(19-10)9-2-4-12(13,14)5-3-9/h9,15H,2-8H2,1H3. The maximum Gasteiger partial charge on any atom is 0.248 e. The van der Waals surface area contributed by atoms with Crippen LogP contribution >= 0.6 is 11.3 Å². The fourth-order valence-corrected chi connectivity index (χ4v) is 3.14. The number of alkyl halides is 2. The molecule has 1 aliphatic rings. The van der Waals surface area contributed by atoms with E-state index in [4.69, 9.17) is 4.74 Å². The molecule has 1 N–H and O–H groups in total. The Labute approximate surface area is 115 Å². The van der Waals surface area contributed by atoms with Crippen LogP contribution in [0.5, 0.6) is 0 Å². The van der Waals surface area contributed by atoms with Crippen molar-refractivity contribution in [2.45, 2.75) is 44.1 Å². The minimum absolute atomic E-state index is 0.0291. The Balaban J connectivity index is 1.80. The minimum atomic E-state index is -2.48. The maximum absolute atomic E-state index is 13.1. The first kappa shape index (κ1) is 14.7. The van der Waals surface area contributed by atoms with Crippen LogP contribution in [0.3, 0.4) is 0 Å². The Morgan fingerprint density at radius 3 is 2.79 bits per heavy atom. The normalized spacial score (nSPS) is 19.7. The van der Waals surface area contributed by atoms with Crippen molar-refractivity contribution < 1.29 is 13.5 Å². The van der Waals surface area contributed by atoms with E-state index in [2.05, 4.69) is 15.5 Å². The van der Waals surface area contributed by atoms with Crippen molar-refractivity contribution >= 4 is 11.3 Å². The number of rotatable bonds is 6. The predicted octanol–water partition coefficient (Wildman–Crippen LogP) is 2.57. The second kappa shape index (κ2) is 6.67. The zero-order valence-electron chi connectivity index (χ0n) is 11.0. The van der Waals surface area contributed by atoms with E-state index in [9.17, 15) is 8.78 Å². The van der Waals surface area contributed by atoms with Crippen molar-refractivity contribution in [3.8, 4) is 0 Å². The monoisotopic (exact) mass is 291 g/mol. The van der Waals surface area contributed by atoms with Gasteiger partial charge in [-0.05, 0) is 12.8 Å². The van der Waals surface area contributed by atoms with Gasteiger partial charge in [0.2, 0.25) is 5.92 Å². The van der Waals surface area contributed by atoms with Gasteiger partial charge in [-0.25, -0.2) is 8.78 Å². The van der Waals surface area contributed by atoms with E-state index in [1.165, 1.54) is 11.3 Å². The molecule has 0 saturated heterocycles. The third-order valence-electron chi connectivity index (χ3n) is 3.31. The van der Waals surface area contributed by atoms with Gasteiger partial charge in [-0.1, -0.05) is 11.3 Å². The second-order valence-corrected chi connectivity index (χ2v) is 5.93. The molecule has 1 fully saturated rings. The Hall–Kier alpha value is -0.660. The average Bonchev–Trinajstić information content (AvgIpc) is 2.83. The van der Waals surface area contributed by atoms with Crippen molar-refractivity contribution in [3.05, 3.63) is 10.0 Å². The summed E-state index contributed by atoms with van der Waals surface area (Å²) < 4.78 is 31.1. The lowest BCUT2D eigenvalue weighted by Crippen LogP contribution is -2.23. The number of ether oxygens (including phenoxy) is 1. The molecule has 108 valence electrons. The molecule has 0 spiro atoms. The van der Waals surface area contributed by atoms with E-state index in [0.717, 1.165) is 16.6 Å². The summed E-state index contributed by atoms with van der Waals surface area (Å²) in [5, 5.41) is 13.2. The molecule has 2 rings (SSSR count). The highest BCUT2D eigenvalue weighted by Gasteiger charge is 2.36. The Bertz CT molecular complexity index is 390. The molecule has 0 amide bonds. The van der Waals surface area contributed by atoms with Gasteiger partial charge in [0, 0.05) is 39.0 Å². The fourth-order valence-electron chi connectivity index (χ4n) is 2.16. The number of nitrogens with zero attached hydrogens (tertiary/aromatic N) is 2. The molecular formula is C12H19F2N3OS. The number of methoxy groups -OCH3 is 1. The summed E-state index contributed by atoms with van der Waals surface area (Å²) in [7, 11) is 1.66. The predicted molar refractivity (Wildman–Crippen MR) is 69.6 cm³/mol. The van der Waals surface area contributed by atoms with E-state index in [1.54, 1.807) is 7.11 Å². The lowest BCUT2D eigenvalue weighted by Gasteiger charge is -2.26. The number of halogens is 2. The van der Waals surface area contributed by atoms with Gasteiger partial charge in [0.25, 0.3) is 0 Å². The highest BCUT2D eigenvalue weighted by Crippen LogP contribution is 2.41. The number of aromatic nitrogens is 2. The maximum atomic E-state index is 13.1. The number of hydrogen-bond donors (Lipinski definition) is 1. The van der Waals surface area contributed by atoms with E-state index in [0.29, 0.717) is 26.0 Å². The molecule has 7 heteroatoms. The zero-order chi connectivity index (χ0) is 13.7. The molecule has 0 unspecified atom stereocenters. The quantitative estimate of drug-likeness (QED) is 0.818. The van der Waals surface area contributed by atoms with E-state index in [1.807, 2.05) is 0 Å². The minimum Gasteiger partial charge on any atom is -0.383 e. The van der Waals surface area contributed by atoms with Gasteiger partial charge in [0.15, 0.2) is 0 Å². The third kappa shape index (κ3) is 4.43. The van der Waals surface area contributed by atoms with Gasteiger partial charge in [-0.2, -0.15) is 0 Å². The molecule has 0 aliphatic heterocycles. The lowest BCUT2D eigenvalue weighted by molar-refractivity contribution is -0.0382. The molecule has 0 radical (unpaired) electrons. The first-order valence-corrected chi connectivity index (χ1v) is 7.32. The Morgan fingerprint density at radius 1 is 1.37 bits per heavy atom. The highest BCUT2D eigenvalue weighted by atomic mass is 32.1. The SMILES string of the molecule is COCCNCc1nnc(C2CCC(F)(F)CC2)s1. The van der Waals surface area contributed by atoms with Gasteiger partial charge in [-0.15, -0.1) is 10.2 Å². The van der Waals surface area contributed by atoms with Crippen LogP contribution in [0, 0.1) is 0 Å². The van der Waals surface area contributed by atoms with Crippen molar-refractivity contribution in [2.75, 3.05) is 20.3 Å². The summed E-state index contributed by atoms with van der Waals surface area (Å²) in [6, 6.07) is 0. The number of hydrogen-bond acceptors (Lipinski definition) is 5. The third-order valence-corrected chi connectivity index (χ3v) is 4.39. The summed E-state index contributed by atoms with van der Waals surface area (Å²) in [4.78, 5) is 0. The fraction of sp³-hybridized carbons (Fsp3) is 0.833. The summed E-state index contributed by atoms with van der Waals surface area (Å²) >= 11 is 1.53. The molecule has 1 aromatic heterocycles. The first-order chi connectivity index (χ1) is 9.11. The van der Waals surface area contributed by atoms with Crippen LogP contribution < -0.4 is 5.32 Å². The van der Waals surface area contributed by atoms with Crippen molar-refractivity contribution in [1.82, 2.24) is 15.5 Å². The summed E-state index contributed by atoms with van der Waals surface area (Å²) in [5.41, 5.74) is 0. The van der Waals surface area contributed by atoms with Crippen LogP contribution in [-0.2, 0) is 11.3 Å². The summed E-state index contributed by atoms with van der Waals surface area (Å²) in [5.74, 6) is -2.32. The van der Waals surface area contributed by atoms with Crippen LogP contribution in [0.2, 0.25) is 0 Å². The molecule has 4 nitrogen and oxygen atoms in total. The molecular weight excluding hydrogens is 272 g/mol. The molecule has 0 aromatic carbocycles. The van der Waals surface area contributed by atoms with Gasteiger partial charge in [0.05, 0.1) is 6.61 Å². The van der Waals surface area contributed by atoms with Crippen LogP contribution in [0.25, 0.3) is 0 Å². The van der Waals surface area contributed by atoms with Crippen molar-refractivity contribution in [2.24, 2.45) is 0 Å². The topological polar surface area (TPSA) is 47.0 Å². The van der Waals surface area contributed by atoms with Crippen LogP contribution in [0.4, 0.5) is 8.78 Å².